The summed E-state index contributed by atoms with van der Waals surface area (Å²) in [7, 11) is 0. The lowest BCUT2D eigenvalue weighted by Gasteiger charge is -2.45. The third-order valence-electron chi connectivity index (χ3n) is 6.62. The Kier molecular flexibility index (Phi) is 6.94. The number of likely N-dealkylation sites (tertiary alicyclic amines) is 1. The SMILES string of the molecule is c1ccc(COCCN2CCC(C3(c4cc5ccccc5[nH]4)SCCCS3)CC2)cc1. The van der Waals surface area contributed by atoms with Crippen LogP contribution in [0.15, 0.2) is 60.7 Å². The molecular weight excluding hydrogens is 420 g/mol. The molecule has 0 bridgehead atoms. The second-order valence-corrected chi connectivity index (χ2v) is 11.6. The molecule has 0 atom stereocenters. The van der Waals surface area contributed by atoms with Gasteiger partial charge in [0.2, 0.25) is 0 Å². The summed E-state index contributed by atoms with van der Waals surface area (Å²) in [5.74, 6) is 3.27. The van der Waals surface area contributed by atoms with Crippen molar-refractivity contribution in [1.29, 1.82) is 0 Å². The van der Waals surface area contributed by atoms with E-state index < -0.39 is 0 Å². The molecule has 2 aromatic carbocycles. The normalized spacial score (nSPS) is 20.3. The summed E-state index contributed by atoms with van der Waals surface area (Å²) >= 11 is 4.39. The lowest BCUT2D eigenvalue weighted by atomic mass is 9.91. The van der Waals surface area contributed by atoms with Crippen molar-refractivity contribution in [2.45, 2.75) is 29.9 Å². The molecule has 3 nitrogen and oxygen atoms in total. The topological polar surface area (TPSA) is 28.3 Å². The highest BCUT2D eigenvalue weighted by molar-refractivity contribution is 8.18. The summed E-state index contributed by atoms with van der Waals surface area (Å²) < 4.78 is 6.12. The maximum absolute atomic E-state index is 5.93. The molecule has 2 fully saturated rings. The van der Waals surface area contributed by atoms with E-state index in [4.69, 9.17) is 4.74 Å². The van der Waals surface area contributed by atoms with Crippen LogP contribution in [0.25, 0.3) is 10.9 Å². The van der Waals surface area contributed by atoms with Crippen molar-refractivity contribution in [1.82, 2.24) is 9.88 Å². The molecule has 1 N–H and O–H groups in total. The Morgan fingerprint density at radius 2 is 1.71 bits per heavy atom. The second-order valence-electron chi connectivity index (χ2n) is 8.64. The number of fused-ring (bicyclic) bond motifs is 1. The van der Waals surface area contributed by atoms with Gasteiger partial charge in [-0.2, -0.15) is 0 Å². The number of nitrogens with one attached hydrogen (secondary N) is 1. The molecular formula is C26H32N2OS2. The Morgan fingerprint density at radius 1 is 0.968 bits per heavy atom. The van der Waals surface area contributed by atoms with Crippen molar-refractivity contribution in [3.05, 3.63) is 71.9 Å². The number of H-pyrrole nitrogens is 1. The molecule has 1 aromatic heterocycles. The molecule has 3 aromatic rings. The average molecular weight is 453 g/mol. The zero-order chi connectivity index (χ0) is 20.9. The Morgan fingerprint density at radius 3 is 2.48 bits per heavy atom. The fourth-order valence-corrected chi connectivity index (χ4v) is 8.59. The minimum absolute atomic E-state index is 0.188. The van der Waals surface area contributed by atoms with Crippen molar-refractivity contribution in [2.75, 3.05) is 37.7 Å². The van der Waals surface area contributed by atoms with Gasteiger partial charge < -0.3 is 14.6 Å². The van der Waals surface area contributed by atoms with Gasteiger partial charge in [-0.3, -0.25) is 0 Å². The van der Waals surface area contributed by atoms with Crippen LogP contribution in [0, 0.1) is 5.92 Å². The Hall–Kier alpha value is -1.40. The molecule has 2 saturated heterocycles. The van der Waals surface area contributed by atoms with Crippen molar-refractivity contribution in [3.63, 3.8) is 0 Å². The number of para-hydroxylation sites is 1. The number of hydrogen-bond acceptors (Lipinski definition) is 4. The number of aromatic amines is 1. The van der Waals surface area contributed by atoms with Crippen molar-refractivity contribution in [2.24, 2.45) is 5.92 Å². The Balaban J connectivity index is 1.19. The largest absolute Gasteiger partial charge is 0.375 e. The predicted molar refractivity (Wildman–Crippen MR) is 135 cm³/mol. The van der Waals surface area contributed by atoms with Gasteiger partial charge in [0, 0.05) is 17.8 Å². The second kappa shape index (κ2) is 10.0. The van der Waals surface area contributed by atoms with Crippen LogP contribution in [-0.4, -0.2) is 47.6 Å². The molecule has 164 valence electrons. The first-order valence-corrected chi connectivity index (χ1v) is 13.5. The number of thioether (sulfide) groups is 2. The first-order chi connectivity index (χ1) is 15.3. The highest BCUT2D eigenvalue weighted by Gasteiger charge is 2.45. The molecule has 31 heavy (non-hydrogen) atoms. The van der Waals surface area contributed by atoms with Gasteiger partial charge >= 0.3 is 0 Å². The number of piperidine rings is 1. The van der Waals surface area contributed by atoms with Crippen LogP contribution in [0.1, 0.15) is 30.5 Å². The maximum Gasteiger partial charge on any atom is 0.104 e. The van der Waals surface area contributed by atoms with Gasteiger partial charge in [0.1, 0.15) is 4.08 Å². The van der Waals surface area contributed by atoms with Crippen LogP contribution in [0.5, 0.6) is 0 Å². The highest BCUT2D eigenvalue weighted by atomic mass is 32.2. The Labute approximate surface area is 194 Å². The molecule has 5 heteroatoms. The van der Waals surface area contributed by atoms with E-state index in [0.717, 1.165) is 19.1 Å². The first-order valence-electron chi connectivity index (χ1n) is 11.5. The quantitative estimate of drug-likeness (QED) is 0.437. The standard InChI is InChI=1S/C26H32N2OS2/c1-2-7-21(8-3-1)20-29-16-15-28-13-11-23(12-14-28)26(30-17-6-18-31-26)25-19-22-9-4-5-10-24(22)27-25/h1-5,7-10,19,23,27H,6,11-18,20H2. The van der Waals surface area contributed by atoms with Gasteiger partial charge in [-0.15, -0.1) is 23.5 Å². The molecule has 0 saturated carbocycles. The van der Waals surface area contributed by atoms with Gasteiger partial charge in [-0.05, 0) is 72.9 Å². The zero-order valence-electron chi connectivity index (χ0n) is 18.1. The van der Waals surface area contributed by atoms with E-state index in [9.17, 15) is 0 Å². The lowest BCUT2D eigenvalue weighted by molar-refractivity contribution is 0.0780. The third kappa shape index (κ3) is 4.85. The highest BCUT2D eigenvalue weighted by Crippen LogP contribution is 2.57. The lowest BCUT2D eigenvalue weighted by Crippen LogP contribution is -2.42. The van der Waals surface area contributed by atoms with Crippen LogP contribution < -0.4 is 0 Å². The molecule has 0 unspecified atom stereocenters. The van der Waals surface area contributed by atoms with Gasteiger partial charge in [0.15, 0.2) is 0 Å². The van der Waals surface area contributed by atoms with Crippen molar-refractivity contribution >= 4 is 34.4 Å². The van der Waals surface area contributed by atoms with Gasteiger partial charge in [-0.25, -0.2) is 0 Å². The van der Waals surface area contributed by atoms with E-state index in [0.29, 0.717) is 6.61 Å². The molecule has 0 radical (unpaired) electrons. The van der Waals surface area contributed by atoms with Crippen molar-refractivity contribution in [3.8, 4) is 0 Å². The van der Waals surface area contributed by atoms with E-state index in [1.807, 2.05) is 0 Å². The number of ether oxygens (including phenoxy) is 1. The van der Waals surface area contributed by atoms with Gasteiger partial charge in [0.05, 0.1) is 13.2 Å². The van der Waals surface area contributed by atoms with E-state index >= 15 is 0 Å². The number of rotatable bonds is 7. The number of hydrogen-bond donors (Lipinski definition) is 1. The number of nitrogens with zero attached hydrogens (tertiary/aromatic N) is 1. The molecule has 2 aliphatic heterocycles. The average Bonchev–Trinajstić information content (AvgIpc) is 3.28. The summed E-state index contributed by atoms with van der Waals surface area (Å²) in [6, 6.07) is 21.6. The minimum Gasteiger partial charge on any atom is -0.375 e. The van der Waals surface area contributed by atoms with Crippen LogP contribution >= 0.6 is 23.5 Å². The Bertz CT molecular complexity index is 927. The summed E-state index contributed by atoms with van der Waals surface area (Å²) in [5.41, 5.74) is 3.97. The smallest absolute Gasteiger partial charge is 0.104 e. The molecule has 0 spiro atoms. The molecule has 0 amide bonds. The number of benzene rings is 2. The molecule has 2 aliphatic rings. The fraction of sp³-hybridized carbons (Fsp3) is 0.462. The summed E-state index contributed by atoms with van der Waals surface area (Å²) in [6.07, 6.45) is 3.87. The van der Waals surface area contributed by atoms with Crippen molar-refractivity contribution < 1.29 is 4.74 Å². The maximum atomic E-state index is 5.93. The molecule has 0 aliphatic carbocycles. The fourth-order valence-electron chi connectivity index (χ4n) is 4.91. The van der Waals surface area contributed by atoms with E-state index in [1.165, 1.54) is 66.0 Å². The third-order valence-corrected chi connectivity index (χ3v) is 10.3. The first kappa shape index (κ1) is 21.4. The van der Waals surface area contributed by atoms with Crippen LogP contribution in [0.3, 0.4) is 0 Å². The van der Waals surface area contributed by atoms with Gasteiger partial charge in [-0.1, -0.05) is 48.5 Å². The summed E-state index contributed by atoms with van der Waals surface area (Å²) in [6.45, 7) is 4.94. The molecule has 3 heterocycles. The van der Waals surface area contributed by atoms with E-state index in [2.05, 4.69) is 94.1 Å². The monoisotopic (exact) mass is 452 g/mol. The van der Waals surface area contributed by atoms with E-state index in [1.54, 1.807) is 0 Å². The van der Waals surface area contributed by atoms with E-state index in [-0.39, 0.29) is 4.08 Å². The predicted octanol–water partition coefficient (Wildman–Crippen LogP) is 6.12. The van der Waals surface area contributed by atoms with Crippen LogP contribution in [0.2, 0.25) is 0 Å². The number of aromatic nitrogens is 1. The van der Waals surface area contributed by atoms with Gasteiger partial charge in [0.25, 0.3) is 0 Å². The summed E-state index contributed by atoms with van der Waals surface area (Å²) in [4.78, 5) is 6.39. The minimum atomic E-state index is 0.188. The summed E-state index contributed by atoms with van der Waals surface area (Å²) in [5, 5.41) is 1.34. The van der Waals surface area contributed by atoms with Crippen LogP contribution in [0.4, 0.5) is 0 Å². The molecule has 5 rings (SSSR count). The zero-order valence-corrected chi connectivity index (χ0v) is 19.7. The van der Waals surface area contributed by atoms with Crippen LogP contribution in [-0.2, 0) is 15.4 Å².